The molecular weight excluding hydrogens is 310 g/mol. The van der Waals surface area contributed by atoms with Crippen LogP contribution in [-0.2, 0) is 0 Å². The van der Waals surface area contributed by atoms with Crippen LogP contribution in [0.25, 0.3) is 0 Å². The lowest BCUT2D eigenvalue weighted by molar-refractivity contribution is 0.0769. The smallest absolute Gasteiger partial charge is 0.263 e. The number of halogens is 2. The normalized spacial score (nSPS) is 10.5. The number of carbonyl (C=O) groups is 1. The van der Waals surface area contributed by atoms with Gasteiger partial charge in [-0.2, -0.15) is 0 Å². The van der Waals surface area contributed by atoms with E-state index in [0.29, 0.717) is 5.88 Å². The Morgan fingerprint density at radius 2 is 2.31 bits per heavy atom. The predicted octanol–water partition coefficient (Wildman–Crippen LogP) is 3.91. The number of hydrogen-bond donors (Lipinski definition) is 0. The zero-order chi connectivity index (χ0) is 12.1. The molecule has 1 rings (SSSR count). The molecule has 0 radical (unpaired) electrons. The fourth-order valence-electron chi connectivity index (χ4n) is 1.37. The average molecular weight is 325 g/mol. The number of thiophene rings is 1. The van der Waals surface area contributed by atoms with Gasteiger partial charge in [-0.25, -0.2) is 0 Å². The van der Waals surface area contributed by atoms with Crippen molar-refractivity contribution in [3.05, 3.63) is 20.3 Å². The van der Waals surface area contributed by atoms with Crippen LogP contribution in [0, 0.1) is 6.92 Å². The molecule has 2 nitrogen and oxygen atoms in total. The molecule has 0 N–H and O–H groups in total. The highest BCUT2D eigenvalue weighted by molar-refractivity contribution is 9.11. The van der Waals surface area contributed by atoms with Crippen molar-refractivity contribution in [2.45, 2.75) is 20.3 Å². The number of hydrogen-bond acceptors (Lipinski definition) is 2. The molecule has 90 valence electrons. The molecule has 0 aromatic carbocycles. The highest BCUT2D eigenvalue weighted by Crippen LogP contribution is 2.28. The molecule has 1 aromatic heterocycles. The summed E-state index contributed by atoms with van der Waals surface area (Å²) in [5, 5.41) is 0. The van der Waals surface area contributed by atoms with Crippen LogP contribution in [0.1, 0.15) is 28.6 Å². The molecule has 0 saturated heterocycles. The molecule has 0 bridgehead atoms. The second kappa shape index (κ2) is 6.62. The molecule has 0 aliphatic heterocycles. The van der Waals surface area contributed by atoms with Crippen molar-refractivity contribution in [1.82, 2.24) is 4.90 Å². The van der Waals surface area contributed by atoms with Crippen LogP contribution >= 0.6 is 38.9 Å². The molecule has 16 heavy (non-hydrogen) atoms. The zero-order valence-electron chi connectivity index (χ0n) is 9.43. The Morgan fingerprint density at radius 1 is 1.62 bits per heavy atom. The summed E-state index contributed by atoms with van der Waals surface area (Å²) in [5.74, 6) is 0.697. The maximum atomic E-state index is 12.1. The monoisotopic (exact) mass is 323 g/mol. The summed E-state index contributed by atoms with van der Waals surface area (Å²) in [6.45, 7) is 5.44. The second-order valence-corrected chi connectivity index (χ2v) is 6.24. The minimum atomic E-state index is 0.103. The van der Waals surface area contributed by atoms with Crippen LogP contribution < -0.4 is 0 Å². The van der Waals surface area contributed by atoms with E-state index in [1.165, 1.54) is 11.3 Å². The highest BCUT2D eigenvalue weighted by atomic mass is 79.9. The summed E-state index contributed by atoms with van der Waals surface area (Å²) < 4.78 is 1.03. The third-order valence-electron chi connectivity index (χ3n) is 2.30. The molecule has 0 fully saturated rings. The van der Waals surface area contributed by atoms with Crippen molar-refractivity contribution in [2.24, 2.45) is 0 Å². The highest BCUT2D eigenvalue weighted by Gasteiger charge is 2.16. The van der Waals surface area contributed by atoms with Gasteiger partial charge in [0.05, 0.1) is 8.66 Å². The first-order valence-corrected chi connectivity index (χ1v) is 7.35. The first-order chi connectivity index (χ1) is 7.60. The Kier molecular flexibility index (Phi) is 5.79. The van der Waals surface area contributed by atoms with E-state index in [9.17, 15) is 4.79 Å². The molecule has 0 aliphatic rings. The van der Waals surface area contributed by atoms with Crippen molar-refractivity contribution < 1.29 is 4.79 Å². The summed E-state index contributed by atoms with van der Waals surface area (Å²) in [7, 11) is 0. The molecule has 0 unspecified atom stereocenters. The van der Waals surface area contributed by atoms with Crippen molar-refractivity contribution in [2.75, 3.05) is 19.0 Å². The van der Waals surface area contributed by atoms with Gasteiger partial charge in [-0.1, -0.05) is 0 Å². The Bertz CT molecular complexity index is 347. The summed E-state index contributed by atoms with van der Waals surface area (Å²) in [4.78, 5) is 14.7. The van der Waals surface area contributed by atoms with E-state index in [1.807, 2.05) is 24.8 Å². The number of carbonyl (C=O) groups excluding carboxylic acids is 1. The fraction of sp³-hybridized carbons (Fsp3) is 0.545. The molecule has 0 aliphatic carbocycles. The molecule has 0 spiro atoms. The summed E-state index contributed by atoms with van der Waals surface area (Å²) in [5.41, 5.74) is 1.11. The van der Waals surface area contributed by atoms with Crippen LogP contribution in [-0.4, -0.2) is 29.8 Å². The lowest BCUT2D eigenvalue weighted by Crippen LogP contribution is -2.31. The van der Waals surface area contributed by atoms with Gasteiger partial charge >= 0.3 is 0 Å². The first-order valence-electron chi connectivity index (χ1n) is 5.21. The third-order valence-corrected chi connectivity index (χ3v) is 4.69. The van der Waals surface area contributed by atoms with Crippen LogP contribution in [0.4, 0.5) is 0 Å². The molecule has 1 heterocycles. The van der Waals surface area contributed by atoms with Gasteiger partial charge in [-0.05, 0) is 47.8 Å². The number of aryl methyl sites for hydroxylation is 1. The summed E-state index contributed by atoms with van der Waals surface area (Å²) in [6.07, 6.45) is 0.840. The zero-order valence-corrected chi connectivity index (χ0v) is 12.6. The largest absolute Gasteiger partial charge is 0.338 e. The molecule has 0 saturated carbocycles. The van der Waals surface area contributed by atoms with E-state index >= 15 is 0 Å². The number of nitrogens with zero attached hydrogens (tertiary/aromatic N) is 1. The minimum absolute atomic E-state index is 0.103. The second-order valence-electron chi connectivity index (χ2n) is 3.49. The molecule has 0 atom stereocenters. The van der Waals surface area contributed by atoms with Crippen LogP contribution in [0.2, 0.25) is 0 Å². The predicted molar refractivity (Wildman–Crippen MR) is 73.7 cm³/mol. The van der Waals surface area contributed by atoms with Crippen molar-refractivity contribution in [3.8, 4) is 0 Å². The van der Waals surface area contributed by atoms with E-state index in [1.54, 1.807) is 0 Å². The lowest BCUT2D eigenvalue weighted by Gasteiger charge is -2.19. The van der Waals surface area contributed by atoms with Crippen LogP contribution in [0.5, 0.6) is 0 Å². The fourth-order valence-corrected chi connectivity index (χ4v) is 3.00. The van der Waals surface area contributed by atoms with Crippen LogP contribution in [0.15, 0.2) is 9.85 Å². The SMILES string of the molecule is CCN(CCCCl)C(=O)c1cc(C)c(Br)s1. The summed E-state index contributed by atoms with van der Waals surface area (Å²) in [6, 6.07) is 1.93. The van der Waals surface area contributed by atoms with E-state index in [0.717, 1.165) is 33.7 Å². The van der Waals surface area contributed by atoms with Crippen molar-refractivity contribution in [1.29, 1.82) is 0 Å². The molecule has 1 amide bonds. The average Bonchev–Trinajstić information content (AvgIpc) is 2.60. The van der Waals surface area contributed by atoms with E-state index in [2.05, 4.69) is 15.9 Å². The number of rotatable bonds is 5. The van der Waals surface area contributed by atoms with Gasteiger partial charge in [0.15, 0.2) is 0 Å². The van der Waals surface area contributed by atoms with Crippen molar-refractivity contribution >= 4 is 44.8 Å². The standard InChI is InChI=1S/C11H15BrClNOS/c1-3-14(6-4-5-13)11(15)9-7-8(2)10(12)16-9/h7H,3-6H2,1-2H3. The molecule has 1 aromatic rings. The van der Waals surface area contributed by atoms with Crippen LogP contribution in [0.3, 0.4) is 0 Å². The Labute approximate surface area is 114 Å². The minimum Gasteiger partial charge on any atom is -0.338 e. The van der Waals surface area contributed by atoms with E-state index in [-0.39, 0.29) is 5.91 Å². The third kappa shape index (κ3) is 3.47. The maximum Gasteiger partial charge on any atom is 0.263 e. The van der Waals surface area contributed by atoms with Gasteiger partial charge < -0.3 is 4.90 Å². The molecular formula is C11H15BrClNOS. The summed E-state index contributed by atoms with van der Waals surface area (Å²) >= 11 is 10.6. The van der Waals surface area contributed by atoms with Gasteiger partial charge in [-0.3, -0.25) is 4.79 Å². The Hall–Kier alpha value is -0.0600. The number of amides is 1. The Balaban J connectivity index is 2.74. The topological polar surface area (TPSA) is 20.3 Å². The van der Waals surface area contributed by atoms with Gasteiger partial charge in [0, 0.05) is 19.0 Å². The number of alkyl halides is 1. The van der Waals surface area contributed by atoms with Gasteiger partial charge in [0.1, 0.15) is 0 Å². The van der Waals surface area contributed by atoms with Gasteiger partial charge in [0.25, 0.3) is 5.91 Å². The maximum absolute atomic E-state index is 12.1. The quantitative estimate of drug-likeness (QED) is 0.752. The first kappa shape index (κ1) is 14.0. The Morgan fingerprint density at radius 3 is 2.75 bits per heavy atom. The molecule has 5 heteroatoms. The van der Waals surface area contributed by atoms with E-state index < -0.39 is 0 Å². The van der Waals surface area contributed by atoms with Gasteiger partial charge in [0.2, 0.25) is 0 Å². The van der Waals surface area contributed by atoms with Gasteiger partial charge in [-0.15, -0.1) is 22.9 Å². The van der Waals surface area contributed by atoms with E-state index in [4.69, 9.17) is 11.6 Å². The lowest BCUT2D eigenvalue weighted by atomic mass is 10.3. The van der Waals surface area contributed by atoms with Crippen molar-refractivity contribution in [3.63, 3.8) is 0 Å².